The lowest BCUT2D eigenvalue weighted by Crippen LogP contribution is -2.45. The summed E-state index contributed by atoms with van der Waals surface area (Å²) >= 11 is 6.18. The van der Waals surface area contributed by atoms with Crippen LogP contribution in [-0.2, 0) is 0 Å². The van der Waals surface area contributed by atoms with Crippen LogP contribution in [0, 0.1) is 13.8 Å². The highest BCUT2D eigenvalue weighted by molar-refractivity contribution is 6.31. The van der Waals surface area contributed by atoms with E-state index in [2.05, 4.69) is 10.4 Å². The highest BCUT2D eigenvalue weighted by Crippen LogP contribution is 2.23. The standard InChI is InChI=1S/C18H22ClN3O2/c1-11-17(19)12(2)22(21-11)14-9-7-13(8-10-14)18(24)20-15-5-3-4-6-16(15)23/h7-10,15-16,23H,3-6H2,1-2H3,(H,20,24). The number of rotatable bonds is 3. The Morgan fingerprint density at radius 1 is 1.25 bits per heavy atom. The number of hydrogen-bond acceptors (Lipinski definition) is 3. The highest BCUT2D eigenvalue weighted by atomic mass is 35.5. The van der Waals surface area contributed by atoms with E-state index >= 15 is 0 Å². The van der Waals surface area contributed by atoms with Gasteiger partial charge < -0.3 is 10.4 Å². The molecule has 2 aromatic rings. The number of carbonyl (C=O) groups is 1. The lowest BCUT2D eigenvalue weighted by Gasteiger charge is -2.28. The molecule has 2 atom stereocenters. The van der Waals surface area contributed by atoms with E-state index in [-0.39, 0.29) is 11.9 Å². The van der Waals surface area contributed by atoms with Crippen LogP contribution in [0.15, 0.2) is 24.3 Å². The van der Waals surface area contributed by atoms with Gasteiger partial charge in [0.05, 0.1) is 34.2 Å². The van der Waals surface area contributed by atoms with Crippen LogP contribution in [0.5, 0.6) is 0 Å². The van der Waals surface area contributed by atoms with Gasteiger partial charge in [-0.15, -0.1) is 0 Å². The highest BCUT2D eigenvalue weighted by Gasteiger charge is 2.24. The second kappa shape index (κ2) is 6.95. The van der Waals surface area contributed by atoms with Crippen LogP contribution in [-0.4, -0.2) is 32.9 Å². The van der Waals surface area contributed by atoms with E-state index in [4.69, 9.17) is 11.6 Å². The van der Waals surface area contributed by atoms with Gasteiger partial charge in [0.2, 0.25) is 0 Å². The Morgan fingerprint density at radius 3 is 2.50 bits per heavy atom. The summed E-state index contributed by atoms with van der Waals surface area (Å²) in [4.78, 5) is 12.4. The fraction of sp³-hybridized carbons (Fsp3) is 0.444. The van der Waals surface area contributed by atoms with Crippen LogP contribution >= 0.6 is 11.6 Å². The Morgan fingerprint density at radius 2 is 1.92 bits per heavy atom. The molecule has 128 valence electrons. The summed E-state index contributed by atoms with van der Waals surface area (Å²) in [6, 6.07) is 7.08. The molecule has 2 N–H and O–H groups in total. The summed E-state index contributed by atoms with van der Waals surface area (Å²) in [5, 5.41) is 18.0. The van der Waals surface area contributed by atoms with E-state index in [0.29, 0.717) is 10.6 Å². The van der Waals surface area contributed by atoms with Gasteiger partial charge in [-0.1, -0.05) is 24.4 Å². The SMILES string of the molecule is Cc1nn(-c2ccc(C(=O)NC3CCCCC3O)cc2)c(C)c1Cl. The number of aromatic nitrogens is 2. The lowest BCUT2D eigenvalue weighted by atomic mass is 9.92. The molecular formula is C18H22ClN3O2. The largest absolute Gasteiger partial charge is 0.391 e. The van der Waals surface area contributed by atoms with Crippen LogP contribution in [0.25, 0.3) is 5.69 Å². The van der Waals surface area contributed by atoms with E-state index in [1.807, 2.05) is 26.0 Å². The van der Waals surface area contributed by atoms with Crippen LogP contribution < -0.4 is 5.32 Å². The van der Waals surface area contributed by atoms with Gasteiger partial charge in [0.1, 0.15) is 0 Å². The van der Waals surface area contributed by atoms with Gasteiger partial charge in [-0.2, -0.15) is 5.10 Å². The van der Waals surface area contributed by atoms with E-state index in [1.54, 1.807) is 16.8 Å². The maximum Gasteiger partial charge on any atom is 0.251 e. The van der Waals surface area contributed by atoms with Crippen LogP contribution in [0.3, 0.4) is 0 Å². The molecule has 0 radical (unpaired) electrons. The molecule has 0 spiro atoms. The molecule has 24 heavy (non-hydrogen) atoms. The summed E-state index contributed by atoms with van der Waals surface area (Å²) in [5.41, 5.74) is 3.08. The zero-order valence-corrected chi connectivity index (χ0v) is 14.7. The molecule has 0 bridgehead atoms. The van der Waals surface area contributed by atoms with E-state index < -0.39 is 6.10 Å². The predicted molar refractivity (Wildman–Crippen MR) is 93.8 cm³/mol. The van der Waals surface area contributed by atoms with Crippen molar-refractivity contribution >= 4 is 17.5 Å². The van der Waals surface area contributed by atoms with Crippen molar-refractivity contribution < 1.29 is 9.90 Å². The minimum absolute atomic E-state index is 0.152. The summed E-state index contributed by atoms with van der Waals surface area (Å²) < 4.78 is 1.77. The number of benzene rings is 1. The minimum Gasteiger partial charge on any atom is -0.391 e. The molecule has 2 unspecified atom stereocenters. The van der Waals surface area contributed by atoms with Crippen molar-refractivity contribution in [2.24, 2.45) is 0 Å². The number of nitrogens with one attached hydrogen (secondary N) is 1. The van der Waals surface area contributed by atoms with Gasteiger partial charge in [-0.05, 0) is 51.0 Å². The fourth-order valence-corrected chi connectivity index (χ4v) is 3.28. The maximum absolute atomic E-state index is 12.4. The van der Waals surface area contributed by atoms with Crippen molar-refractivity contribution in [1.29, 1.82) is 0 Å². The quantitative estimate of drug-likeness (QED) is 0.896. The molecule has 1 fully saturated rings. The molecule has 1 aliphatic rings. The number of aryl methyl sites for hydroxylation is 1. The minimum atomic E-state index is -0.446. The Kier molecular flexibility index (Phi) is 4.92. The average molecular weight is 348 g/mol. The monoisotopic (exact) mass is 347 g/mol. The lowest BCUT2D eigenvalue weighted by molar-refractivity contribution is 0.0717. The Labute approximate surface area is 146 Å². The normalized spacial score (nSPS) is 20.8. The van der Waals surface area contributed by atoms with Gasteiger partial charge in [0.25, 0.3) is 5.91 Å². The second-order valence-corrected chi connectivity index (χ2v) is 6.75. The Bertz CT molecular complexity index is 739. The van der Waals surface area contributed by atoms with Crippen molar-refractivity contribution in [3.05, 3.63) is 46.2 Å². The third kappa shape index (κ3) is 3.32. The molecule has 1 aromatic heterocycles. The molecule has 1 saturated carbocycles. The molecule has 1 aliphatic carbocycles. The Hall–Kier alpha value is -1.85. The summed E-state index contributed by atoms with van der Waals surface area (Å²) in [6.07, 6.45) is 3.20. The smallest absolute Gasteiger partial charge is 0.251 e. The number of carbonyl (C=O) groups excluding carboxylic acids is 1. The summed E-state index contributed by atoms with van der Waals surface area (Å²) in [6.45, 7) is 3.77. The van der Waals surface area contributed by atoms with Gasteiger partial charge in [0.15, 0.2) is 0 Å². The number of halogens is 1. The molecule has 1 heterocycles. The summed E-state index contributed by atoms with van der Waals surface area (Å²) in [7, 11) is 0. The maximum atomic E-state index is 12.4. The van der Waals surface area contributed by atoms with Gasteiger partial charge in [-0.3, -0.25) is 4.79 Å². The van der Waals surface area contributed by atoms with Crippen molar-refractivity contribution in [3.63, 3.8) is 0 Å². The molecule has 3 rings (SSSR count). The van der Waals surface area contributed by atoms with Crippen LogP contribution in [0.1, 0.15) is 47.4 Å². The first kappa shape index (κ1) is 17.0. The fourth-order valence-electron chi connectivity index (χ4n) is 3.16. The molecule has 0 saturated heterocycles. The summed E-state index contributed by atoms with van der Waals surface area (Å²) in [5.74, 6) is -0.154. The number of hydrogen-bond donors (Lipinski definition) is 2. The van der Waals surface area contributed by atoms with Crippen LogP contribution in [0.4, 0.5) is 0 Å². The first-order chi connectivity index (χ1) is 11.5. The van der Waals surface area contributed by atoms with Gasteiger partial charge in [0, 0.05) is 5.56 Å². The number of nitrogens with zero attached hydrogens (tertiary/aromatic N) is 2. The topological polar surface area (TPSA) is 67.2 Å². The number of amides is 1. The van der Waals surface area contributed by atoms with E-state index in [9.17, 15) is 9.90 Å². The van der Waals surface area contributed by atoms with Crippen molar-refractivity contribution in [1.82, 2.24) is 15.1 Å². The molecule has 5 nitrogen and oxygen atoms in total. The van der Waals surface area contributed by atoms with Crippen molar-refractivity contribution in [2.45, 2.75) is 51.7 Å². The zero-order valence-electron chi connectivity index (χ0n) is 13.9. The van der Waals surface area contributed by atoms with Crippen LogP contribution in [0.2, 0.25) is 5.02 Å². The molecule has 1 aromatic carbocycles. The average Bonchev–Trinajstić information content (AvgIpc) is 2.84. The first-order valence-corrected chi connectivity index (χ1v) is 8.66. The third-order valence-corrected chi connectivity index (χ3v) is 5.17. The zero-order chi connectivity index (χ0) is 17.3. The van der Waals surface area contributed by atoms with E-state index in [1.165, 1.54) is 0 Å². The molecular weight excluding hydrogens is 326 g/mol. The second-order valence-electron chi connectivity index (χ2n) is 6.38. The van der Waals surface area contributed by atoms with Crippen molar-refractivity contribution in [2.75, 3.05) is 0 Å². The third-order valence-electron chi connectivity index (χ3n) is 4.62. The molecule has 6 heteroatoms. The number of aliphatic hydroxyl groups is 1. The number of aliphatic hydroxyl groups excluding tert-OH is 1. The predicted octanol–water partition coefficient (Wildman–Crippen LogP) is 3.18. The Balaban J connectivity index is 1.74. The molecule has 0 aliphatic heterocycles. The van der Waals surface area contributed by atoms with E-state index in [0.717, 1.165) is 42.8 Å². The van der Waals surface area contributed by atoms with Gasteiger partial charge >= 0.3 is 0 Å². The van der Waals surface area contributed by atoms with Crippen molar-refractivity contribution in [3.8, 4) is 5.69 Å². The molecule has 1 amide bonds. The van der Waals surface area contributed by atoms with Gasteiger partial charge in [-0.25, -0.2) is 4.68 Å². The first-order valence-electron chi connectivity index (χ1n) is 8.28.